The SMILES string of the molecule is C#CCNC(=O)[C@@H](NC(=O)c1cc(-c2ccccc2)n[nH]1)[C@@H](C)O. The number of aromatic nitrogens is 2. The van der Waals surface area contributed by atoms with Crippen molar-refractivity contribution in [3.05, 3.63) is 42.1 Å². The van der Waals surface area contributed by atoms with Crippen LogP contribution in [0.5, 0.6) is 0 Å². The average molecular weight is 326 g/mol. The number of amides is 2. The number of hydrogen-bond acceptors (Lipinski definition) is 4. The smallest absolute Gasteiger partial charge is 0.270 e. The third-order valence-electron chi connectivity index (χ3n) is 3.31. The number of rotatable bonds is 6. The molecule has 2 atom stereocenters. The number of aliphatic hydroxyl groups excluding tert-OH is 1. The maximum atomic E-state index is 12.3. The van der Waals surface area contributed by atoms with E-state index in [2.05, 4.69) is 26.8 Å². The van der Waals surface area contributed by atoms with Crippen molar-refractivity contribution < 1.29 is 14.7 Å². The molecule has 0 saturated heterocycles. The van der Waals surface area contributed by atoms with Crippen molar-refractivity contribution in [2.75, 3.05) is 6.54 Å². The molecule has 4 N–H and O–H groups in total. The molecule has 2 aromatic rings. The van der Waals surface area contributed by atoms with Gasteiger partial charge in [-0.15, -0.1) is 6.42 Å². The third-order valence-corrected chi connectivity index (χ3v) is 3.31. The number of carbonyl (C=O) groups is 2. The van der Waals surface area contributed by atoms with Gasteiger partial charge in [-0.2, -0.15) is 5.10 Å². The lowest BCUT2D eigenvalue weighted by atomic mass is 10.1. The summed E-state index contributed by atoms with van der Waals surface area (Å²) in [5, 5.41) is 21.3. The van der Waals surface area contributed by atoms with Gasteiger partial charge in [0.1, 0.15) is 11.7 Å². The topological polar surface area (TPSA) is 107 Å². The number of benzene rings is 1. The minimum Gasteiger partial charge on any atom is -0.391 e. The van der Waals surface area contributed by atoms with Crippen LogP contribution in [0.15, 0.2) is 36.4 Å². The Labute approximate surface area is 139 Å². The minimum atomic E-state index is -1.12. The molecule has 0 aliphatic heterocycles. The molecule has 1 heterocycles. The van der Waals surface area contributed by atoms with Gasteiger partial charge in [0.25, 0.3) is 5.91 Å². The van der Waals surface area contributed by atoms with Gasteiger partial charge in [0.15, 0.2) is 0 Å². The van der Waals surface area contributed by atoms with Crippen molar-refractivity contribution in [3.63, 3.8) is 0 Å². The Hall–Kier alpha value is -3.11. The van der Waals surface area contributed by atoms with Crippen LogP contribution in [-0.4, -0.2) is 45.8 Å². The van der Waals surface area contributed by atoms with Crippen LogP contribution in [0, 0.1) is 12.3 Å². The average Bonchev–Trinajstić information content (AvgIpc) is 3.08. The molecule has 7 heteroatoms. The number of nitrogens with zero attached hydrogens (tertiary/aromatic N) is 1. The molecule has 0 saturated carbocycles. The first-order chi connectivity index (χ1) is 11.5. The third kappa shape index (κ3) is 4.21. The Morgan fingerprint density at radius 2 is 2.08 bits per heavy atom. The molecule has 24 heavy (non-hydrogen) atoms. The van der Waals surface area contributed by atoms with Crippen molar-refractivity contribution in [2.24, 2.45) is 0 Å². The van der Waals surface area contributed by atoms with E-state index in [0.717, 1.165) is 5.56 Å². The Balaban J connectivity index is 2.09. The summed E-state index contributed by atoms with van der Waals surface area (Å²) < 4.78 is 0. The van der Waals surface area contributed by atoms with Gasteiger partial charge in [-0.05, 0) is 13.0 Å². The van der Waals surface area contributed by atoms with Crippen LogP contribution in [0.4, 0.5) is 0 Å². The van der Waals surface area contributed by atoms with Crippen molar-refractivity contribution >= 4 is 11.8 Å². The van der Waals surface area contributed by atoms with Crippen LogP contribution in [-0.2, 0) is 4.79 Å². The Bertz CT molecular complexity index is 747. The zero-order valence-corrected chi connectivity index (χ0v) is 13.1. The predicted octanol–water partition coefficient (Wildman–Crippen LogP) is 0.305. The van der Waals surface area contributed by atoms with Gasteiger partial charge in [0.05, 0.1) is 18.3 Å². The molecule has 2 rings (SSSR count). The van der Waals surface area contributed by atoms with Gasteiger partial charge in [-0.1, -0.05) is 36.3 Å². The first kappa shape index (κ1) is 17.2. The van der Waals surface area contributed by atoms with Gasteiger partial charge >= 0.3 is 0 Å². The molecule has 0 bridgehead atoms. The van der Waals surface area contributed by atoms with Gasteiger partial charge in [-0.3, -0.25) is 14.7 Å². The molecule has 124 valence electrons. The van der Waals surface area contributed by atoms with Crippen molar-refractivity contribution in [3.8, 4) is 23.6 Å². The zero-order valence-electron chi connectivity index (χ0n) is 13.1. The van der Waals surface area contributed by atoms with Crippen molar-refractivity contribution in [1.29, 1.82) is 0 Å². The lowest BCUT2D eigenvalue weighted by Gasteiger charge is -2.19. The highest BCUT2D eigenvalue weighted by atomic mass is 16.3. The van der Waals surface area contributed by atoms with Gasteiger partial charge in [0, 0.05) is 5.56 Å². The standard InChI is InChI=1S/C17H18N4O3/c1-3-9-18-17(24)15(11(2)22)19-16(23)14-10-13(20-21-14)12-7-5-4-6-8-12/h1,4-8,10-11,15,22H,9H2,2H3,(H,18,24)(H,19,23)(H,20,21)/t11-,15+/m1/s1. The lowest BCUT2D eigenvalue weighted by Crippen LogP contribution is -2.52. The Kier molecular flexibility index (Phi) is 5.71. The van der Waals surface area contributed by atoms with Crippen molar-refractivity contribution in [1.82, 2.24) is 20.8 Å². The lowest BCUT2D eigenvalue weighted by molar-refractivity contribution is -0.125. The number of aliphatic hydroxyl groups is 1. The number of terminal acetylenes is 1. The van der Waals surface area contributed by atoms with E-state index in [1.807, 2.05) is 30.3 Å². The normalized spacial score (nSPS) is 12.7. The fourth-order valence-electron chi connectivity index (χ4n) is 2.07. The molecule has 0 aliphatic carbocycles. The second-order valence-electron chi connectivity index (χ2n) is 5.15. The largest absolute Gasteiger partial charge is 0.391 e. The van der Waals surface area contributed by atoms with Crippen LogP contribution in [0.2, 0.25) is 0 Å². The van der Waals surface area contributed by atoms with Crippen LogP contribution < -0.4 is 10.6 Å². The van der Waals surface area contributed by atoms with E-state index in [1.165, 1.54) is 6.92 Å². The molecule has 1 aromatic heterocycles. The number of aromatic amines is 1. The minimum absolute atomic E-state index is 0.0140. The summed E-state index contributed by atoms with van der Waals surface area (Å²) in [5.41, 5.74) is 1.64. The van der Waals surface area contributed by atoms with Crippen LogP contribution >= 0.6 is 0 Å². The Morgan fingerprint density at radius 1 is 1.38 bits per heavy atom. The second kappa shape index (κ2) is 7.94. The van der Waals surface area contributed by atoms with Crippen LogP contribution in [0.1, 0.15) is 17.4 Å². The number of H-pyrrole nitrogens is 1. The summed E-state index contributed by atoms with van der Waals surface area (Å²) in [7, 11) is 0. The molecular formula is C17H18N4O3. The van der Waals surface area contributed by atoms with Crippen LogP contribution in [0.3, 0.4) is 0 Å². The van der Waals surface area contributed by atoms with E-state index in [9.17, 15) is 14.7 Å². The van der Waals surface area contributed by atoms with Gasteiger partial charge in [0.2, 0.25) is 5.91 Å². The van der Waals surface area contributed by atoms with E-state index >= 15 is 0 Å². The molecule has 0 radical (unpaired) electrons. The zero-order chi connectivity index (χ0) is 17.5. The molecule has 1 aromatic carbocycles. The monoisotopic (exact) mass is 326 g/mol. The highest BCUT2D eigenvalue weighted by molar-refractivity contribution is 5.97. The first-order valence-corrected chi connectivity index (χ1v) is 7.34. The number of hydrogen-bond donors (Lipinski definition) is 4. The summed E-state index contributed by atoms with van der Waals surface area (Å²) in [6.45, 7) is 1.42. The molecule has 0 unspecified atom stereocenters. The maximum absolute atomic E-state index is 12.3. The quantitative estimate of drug-likeness (QED) is 0.573. The predicted molar refractivity (Wildman–Crippen MR) is 88.8 cm³/mol. The van der Waals surface area contributed by atoms with Crippen LogP contribution in [0.25, 0.3) is 11.3 Å². The first-order valence-electron chi connectivity index (χ1n) is 7.34. The highest BCUT2D eigenvalue weighted by Crippen LogP contribution is 2.16. The van der Waals surface area contributed by atoms with E-state index in [4.69, 9.17) is 6.42 Å². The molecule has 0 spiro atoms. The number of nitrogens with one attached hydrogen (secondary N) is 3. The fraction of sp³-hybridized carbons (Fsp3) is 0.235. The second-order valence-corrected chi connectivity index (χ2v) is 5.15. The summed E-state index contributed by atoms with van der Waals surface area (Å²) in [5.74, 6) is 1.15. The highest BCUT2D eigenvalue weighted by Gasteiger charge is 2.26. The molecule has 7 nitrogen and oxygen atoms in total. The van der Waals surface area contributed by atoms with Gasteiger partial charge < -0.3 is 15.7 Å². The molecular weight excluding hydrogens is 308 g/mol. The summed E-state index contributed by atoms with van der Waals surface area (Å²) >= 11 is 0. The fourth-order valence-corrected chi connectivity index (χ4v) is 2.07. The summed E-state index contributed by atoms with van der Waals surface area (Å²) in [4.78, 5) is 24.2. The maximum Gasteiger partial charge on any atom is 0.270 e. The van der Waals surface area contributed by atoms with Crippen molar-refractivity contribution in [2.45, 2.75) is 19.1 Å². The number of carbonyl (C=O) groups excluding carboxylic acids is 2. The van der Waals surface area contributed by atoms with E-state index < -0.39 is 24.0 Å². The summed E-state index contributed by atoms with van der Waals surface area (Å²) in [6, 6.07) is 9.79. The van der Waals surface area contributed by atoms with E-state index in [-0.39, 0.29) is 12.2 Å². The molecule has 0 aliphatic rings. The van der Waals surface area contributed by atoms with Gasteiger partial charge in [-0.25, -0.2) is 0 Å². The molecule has 2 amide bonds. The summed E-state index contributed by atoms with van der Waals surface area (Å²) in [6.07, 6.45) is 4.00. The molecule has 0 fully saturated rings. The van der Waals surface area contributed by atoms with E-state index in [0.29, 0.717) is 5.69 Å². The Morgan fingerprint density at radius 3 is 2.71 bits per heavy atom. The van der Waals surface area contributed by atoms with E-state index in [1.54, 1.807) is 6.07 Å².